The van der Waals surface area contributed by atoms with Gasteiger partial charge in [-0.25, -0.2) is 0 Å². The van der Waals surface area contributed by atoms with E-state index in [1.54, 1.807) is 13.8 Å². The summed E-state index contributed by atoms with van der Waals surface area (Å²) in [5.41, 5.74) is 1.10. The van der Waals surface area contributed by atoms with Crippen molar-refractivity contribution in [1.29, 1.82) is 0 Å². The van der Waals surface area contributed by atoms with Crippen molar-refractivity contribution >= 4 is 17.5 Å². The number of Topliss-reactive ketones (excluding diaryl/α,β-unsaturated/α-hetero) is 2. The molecule has 0 atom stereocenters. The summed E-state index contributed by atoms with van der Waals surface area (Å²) in [5, 5.41) is 0. The molecule has 0 radical (unpaired) electrons. The molecule has 5 nitrogen and oxygen atoms in total. The van der Waals surface area contributed by atoms with Crippen molar-refractivity contribution in [3.63, 3.8) is 0 Å². The minimum atomic E-state index is -0.904. The third kappa shape index (κ3) is 6.74. The number of amides is 1. The van der Waals surface area contributed by atoms with Gasteiger partial charge in [-0.05, 0) is 32.3 Å². The van der Waals surface area contributed by atoms with Crippen LogP contribution in [0.2, 0.25) is 0 Å². The number of unbranched alkanes of at least 4 members (excludes halogenated alkanes) is 1. The summed E-state index contributed by atoms with van der Waals surface area (Å²) in [6, 6.07) is 9.83. The van der Waals surface area contributed by atoms with Crippen LogP contribution in [0.4, 0.5) is 0 Å². The summed E-state index contributed by atoms with van der Waals surface area (Å²) in [6.45, 7) is 5.49. The van der Waals surface area contributed by atoms with Crippen LogP contribution >= 0.6 is 0 Å². The molecule has 0 N–H and O–H groups in total. The summed E-state index contributed by atoms with van der Waals surface area (Å²) in [5.74, 6) is -2.20. The predicted octanol–water partition coefficient (Wildman–Crippen LogP) is 2.38. The smallest absolute Gasteiger partial charge is 0.298 e. The number of carbonyl (C=O) groups excluding carboxylic acids is 3. The highest BCUT2D eigenvalue weighted by Gasteiger charge is 2.25. The molecule has 1 aromatic rings. The highest BCUT2D eigenvalue weighted by atomic mass is 16.5. The third-order valence-electron chi connectivity index (χ3n) is 3.55. The Hall–Kier alpha value is -2.01. The van der Waals surface area contributed by atoms with Gasteiger partial charge in [0, 0.05) is 26.1 Å². The van der Waals surface area contributed by atoms with Crippen LogP contribution in [0.5, 0.6) is 0 Å². The number of nitrogens with zero attached hydrogens (tertiary/aromatic N) is 1. The molecule has 0 aliphatic carbocycles. The lowest BCUT2D eigenvalue weighted by molar-refractivity contribution is -0.149. The van der Waals surface area contributed by atoms with E-state index in [4.69, 9.17) is 4.74 Å². The minimum Gasteiger partial charge on any atom is -0.377 e. The van der Waals surface area contributed by atoms with E-state index in [9.17, 15) is 14.4 Å². The van der Waals surface area contributed by atoms with Gasteiger partial charge in [0.1, 0.15) is 0 Å². The third-order valence-corrected chi connectivity index (χ3v) is 3.55. The molecule has 1 rings (SSSR count). The first kappa shape index (κ1) is 19.0. The van der Waals surface area contributed by atoms with Crippen LogP contribution in [0.25, 0.3) is 0 Å². The summed E-state index contributed by atoms with van der Waals surface area (Å²) in [7, 11) is 0. The van der Waals surface area contributed by atoms with E-state index in [-0.39, 0.29) is 6.42 Å². The molecule has 0 heterocycles. The highest BCUT2D eigenvalue weighted by molar-refractivity contribution is 6.63. The second-order valence-electron chi connectivity index (χ2n) is 5.23. The van der Waals surface area contributed by atoms with Crippen molar-refractivity contribution in [3.05, 3.63) is 35.9 Å². The number of hydrogen-bond donors (Lipinski definition) is 0. The van der Waals surface area contributed by atoms with Crippen LogP contribution < -0.4 is 0 Å². The van der Waals surface area contributed by atoms with E-state index in [1.165, 1.54) is 4.90 Å². The quantitative estimate of drug-likeness (QED) is 0.357. The fourth-order valence-corrected chi connectivity index (χ4v) is 2.14. The van der Waals surface area contributed by atoms with Gasteiger partial charge in [-0.3, -0.25) is 14.4 Å². The second kappa shape index (κ2) is 10.7. The van der Waals surface area contributed by atoms with Gasteiger partial charge in [0.15, 0.2) is 0 Å². The van der Waals surface area contributed by atoms with Gasteiger partial charge in [-0.2, -0.15) is 0 Å². The lowest BCUT2D eigenvalue weighted by Gasteiger charge is -2.16. The zero-order chi connectivity index (χ0) is 17.1. The van der Waals surface area contributed by atoms with E-state index in [1.807, 2.05) is 30.3 Å². The van der Waals surface area contributed by atoms with E-state index in [2.05, 4.69) is 0 Å². The summed E-state index contributed by atoms with van der Waals surface area (Å²) in [4.78, 5) is 36.6. The van der Waals surface area contributed by atoms with Crippen LogP contribution in [0.15, 0.2) is 30.3 Å². The van der Waals surface area contributed by atoms with Crippen LogP contribution in [0, 0.1) is 0 Å². The molecule has 0 aliphatic rings. The van der Waals surface area contributed by atoms with Gasteiger partial charge in [-0.15, -0.1) is 0 Å². The fraction of sp³-hybridized carbons (Fsp3) is 0.500. The molecule has 0 aromatic heterocycles. The van der Waals surface area contributed by atoms with Gasteiger partial charge >= 0.3 is 0 Å². The second-order valence-corrected chi connectivity index (χ2v) is 5.23. The zero-order valence-electron chi connectivity index (χ0n) is 13.9. The zero-order valence-corrected chi connectivity index (χ0v) is 13.9. The van der Waals surface area contributed by atoms with Crippen molar-refractivity contribution in [1.82, 2.24) is 4.90 Å². The maximum Gasteiger partial charge on any atom is 0.298 e. The summed E-state index contributed by atoms with van der Waals surface area (Å²) >= 11 is 0. The Bertz CT molecular complexity index is 509. The maximum absolute atomic E-state index is 11.8. The number of carbonyl (C=O) groups is 3. The Morgan fingerprint density at radius 2 is 1.65 bits per heavy atom. The molecule has 0 spiro atoms. The monoisotopic (exact) mass is 319 g/mol. The normalized spacial score (nSPS) is 10.3. The number of ketones is 2. The van der Waals surface area contributed by atoms with Gasteiger partial charge in [0.25, 0.3) is 11.7 Å². The number of rotatable bonds is 11. The molecule has 1 aromatic carbocycles. The van der Waals surface area contributed by atoms with Crippen LogP contribution in [-0.4, -0.2) is 42.1 Å². The molecule has 126 valence electrons. The first-order valence-corrected chi connectivity index (χ1v) is 8.08. The highest BCUT2D eigenvalue weighted by Crippen LogP contribution is 2.04. The van der Waals surface area contributed by atoms with Crippen molar-refractivity contribution in [2.45, 2.75) is 39.7 Å². The Kier molecular flexibility index (Phi) is 8.83. The molecule has 0 aliphatic heterocycles. The van der Waals surface area contributed by atoms with Crippen molar-refractivity contribution in [2.75, 3.05) is 19.7 Å². The molecule has 23 heavy (non-hydrogen) atoms. The van der Waals surface area contributed by atoms with E-state index >= 15 is 0 Å². The first-order valence-electron chi connectivity index (χ1n) is 8.08. The van der Waals surface area contributed by atoms with E-state index in [0.29, 0.717) is 39.1 Å². The van der Waals surface area contributed by atoms with Crippen molar-refractivity contribution in [3.8, 4) is 0 Å². The SMILES string of the molecule is CCN(CC)C(=O)C(=O)C(=O)CCCCOCc1ccccc1. The maximum atomic E-state index is 11.8. The number of ether oxygens (including phenoxy) is 1. The van der Waals surface area contributed by atoms with Gasteiger partial charge in [0.05, 0.1) is 6.61 Å². The topological polar surface area (TPSA) is 63.7 Å². The van der Waals surface area contributed by atoms with Gasteiger partial charge in [-0.1, -0.05) is 30.3 Å². The summed E-state index contributed by atoms with van der Waals surface area (Å²) in [6.07, 6.45) is 1.33. The van der Waals surface area contributed by atoms with Crippen LogP contribution in [0.3, 0.4) is 0 Å². The fourth-order valence-electron chi connectivity index (χ4n) is 2.14. The average Bonchev–Trinajstić information content (AvgIpc) is 2.58. The molecule has 0 saturated heterocycles. The largest absolute Gasteiger partial charge is 0.377 e. The Morgan fingerprint density at radius 3 is 2.26 bits per heavy atom. The van der Waals surface area contributed by atoms with Crippen LogP contribution in [-0.2, 0) is 25.7 Å². The molecule has 5 heteroatoms. The first-order chi connectivity index (χ1) is 11.1. The molecule has 0 fully saturated rings. The number of benzene rings is 1. The Labute approximate surface area is 137 Å². The van der Waals surface area contributed by atoms with Crippen molar-refractivity contribution in [2.24, 2.45) is 0 Å². The molecule has 0 bridgehead atoms. The minimum absolute atomic E-state index is 0.0978. The Balaban J connectivity index is 2.18. The predicted molar refractivity (Wildman–Crippen MR) is 87.9 cm³/mol. The Morgan fingerprint density at radius 1 is 1.00 bits per heavy atom. The standard InChI is InChI=1S/C18H25NO4/c1-3-19(4-2)18(22)17(21)16(20)12-8-9-13-23-14-15-10-6-5-7-11-15/h5-7,10-11H,3-4,8-9,12-14H2,1-2H3. The summed E-state index contributed by atoms with van der Waals surface area (Å²) < 4.78 is 5.51. The van der Waals surface area contributed by atoms with Crippen molar-refractivity contribution < 1.29 is 19.1 Å². The average molecular weight is 319 g/mol. The van der Waals surface area contributed by atoms with E-state index < -0.39 is 17.5 Å². The van der Waals surface area contributed by atoms with E-state index in [0.717, 1.165) is 5.56 Å². The number of likely N-dealkylation sites (N-methyl/N-ethyl adjacent to an activating group) is 1. The number of hydrogen-bond acceptors (Lipinski definition) is 4. The molecular formula is C18H25NO4. The van der Waals surface area contributed by atoms with Crippen LogP contribution in [0.1, 0.15) is 38.7 Å². The molecule has 0 unspecified atom stereocenters. The molecule has 0 saturated carbocycles. The molecule has 1 amide bonds. The van der Waals surface area contributed by atoms with Gasteiger partial charge in [0.2, 0.25) is 5.78 Å². The molecular weight excluding hydrogens is 294 g/mol. The lowest BCUT2D eigenvalue weighted by Crippen LogP contribution is -2.39. The van der Waals surface area contributed by atoms with Gasteiger partial charge < -0.3 is 9.64 Å². The lowest BCUT2D eigenvalue weighted by atomic mass is 10.1.